The number of ether oxygens (including phenoxy) is 1. The molecule has 1 amide bonds. The molecule has 2 fully saturated rings. The molecule has 1 saturated carbocycles. The second kappa shape index (κ2) is 5.53. The first kappa shape index (κ1) is 13.0. The summed E-state index contributed by atoms with van der Waals surface area (Å²) in [5.41, 5.74) is 0. The van der Waals surface area contributed by atoms with E-state index in [1.54, 1.807) is 0 Å². The van der Waals surface area contributed by atoms with Crippen LogP contribution in [0.2, 0.25) is 0 Å². The number of rotatable bonds is 4. The molecule has 1 heterocycles. The summed E-state index contributed by atoms with van der Waals surface area (Å²) in [6.45, 7) is 2.44. The first-order valence-corrected chi connectivity index (χ1v) is 7.69. The molecular formula is C15H18BrNO2. The molecule has 0 atom stereocenters. The van der Waals surface area contributed by atoms with Crippen LogP contribution in [-0.4, -0.2) is 30.5 Å². The van der Waals surface area contributed by atoms with Crippen LogP contribution in [0.5, 0.6) is 5.75 Å². The summed E-state index contributed by atoms with van der Waals surface area (Å²) in [6, 6.07) is 7.87. The van der Waals surface area contributed by atoms with Crippen molar-refractivity contribution in [2.24, 2.45) is 11.8 Å². The summed E-state index contributed by atoms with van der Waals surface area (Å²) in [5, 5.41) is 0. The van der Waals surface area contributed by atoms with E-state index in [2.05, 4.69) is 15.9 Å². The van der Waals surface area contributed by atoms with E-state index >= 15 is 0 Å². The minimum atomic E-state index is 0.327. The Bertz CT molecular complexity index is 450. The van der Waals surface area contributed by atoms with E-state index in [-0.39, 0.29) is 0 Å². The molecule has 102 valence electrons. The Balaban J connectivity index is 1.39. The van der Waals surface area contributed by atoms with Crippen LogP contribution in [0, 0.1) is 11.8 Å². The van der Waals surface area contributed by atoms with Crippen LogP contribution < -0.4 is 4.74 Å². The third kappa shape index (κ3) is 2.94. The summed E-state index contributed by atoms with van der Waals surface area (Å²) >= 11 is 3.40. The van der Waals surface area contributed by atoms with Crippen LogP contribution >= 0.6 is 15.9 Å². The maximum Gasteiger partial charge on any atom is 0.225 e. The summed E-state index contributed by atoms with van der Waals surface area (Å²) in [6.07, 6.45) is 3.41. The predicted molar refractivity (Wildman–Crippen MR) is 77.0 cm³/mol. The van der Waals surface area contributed by atoms with Gasteiger partial charge in [-0.15, -0.1) is 0 Å². The number of carbonyl (C=O) groups is 1. The molecule has 2 aliphatic rings. The number of hydrogen-bond donors (Lipinski definition) is 0. The average Bonchev–Trinajstić information content (AvgIpc) is 2.27. The summed E-state index contributed by atoms with van der Waals surface area (Å²) in [5.74, 6) is 2.08. The molecule has 3 rings (SSSR count). The van der Waals surface area contributed by atoms with Crippen LogP contribution in [0.4, 0.5) is 0 Å². The van der Waals surface area contributed by atoms with Gasteiger partial charge < -0.3 is 9.64 Å². The highest BCUT2D eigenvalue weighted by Gasteiger charge is 2.36. The van der Waals surface area contributed by atoms with Crippen molar-refractivity contribution in [3.8, 4) is 5.75 Å². The minimum absolute atomic E-state index is 0.327. The van der Waals surface area contributed by atoms with Crippen molar-refractivity contribution in [1.29, 1.82) is 0 Å². The molecule has 1 aromatic carbocycles. The number of nitrogens with zero attached hydrogens (tertiary/aromatic N) is 1. The Labute approximate surface area is 122 Å². The van der Waals surface area contributed by atoms with Crippen molar-refractivity contribution in [3.05, 3.63) is 28.7 Å². The molecule has 0 bridgehead atoms. The summed E-state index contributed by atoms with van der Waals surface area (Å²) < 4.78 is 6.79. The zero-order chi connectivity index (χ0) is 13.2. The number of benzene rings is 1. The number of amides is 1. The number of likely N-dealkylation sites (tertiary alicyclic amines) is 1. The van der Waals surface area contributed by atoms with Crippen LogP contribution in [0.3, 0.4) is 0 Å². The predicted octanol–water partition coefficient (Wildman–Crippen LogP) is 3.09. The molecule has 1 aliphatic carbocycles. The molecule has 4 heteroatoms. The van der Waals surface area contributed by atoms with E-state index in [4.69, 9.17) is 4.74 Å². The Kier molecular flexibility index (Phi) is 3.78. The van der Waals surface area contributed by atoms with Crippen LogP contribution in [0.25, 0.3) is 0 Å². The Hall–Kier alpha value is -1.03. The van der Waals surface area contributed by atoms with E-state index < -0.39 is 0 Å². The van der Waals surface area contributed by atoms with E-state index in [0.717, 1.165) is 36.2 Å². The fraction of sp³-hybridized carbons (Fsp3) is 0.533. The van der Waals surface area contributed by atoms with Crippen molar-refractivity contribution >= 4 is 21.8 Å². The van der Waals surface area contributed by atoms with Gasteiger partial charge in [-0.3, -0.25) is 4.79 Å². The smallest absolute Gasteiger partial charge is 0.225 e. The fourth-order valence-electron chi connectivity index (χ4n) is 2.51. The quantitative estimate of drug-likeness (QED) is 0.852. The number of halogens is 1. The zero-order valence-corrected chi connectivity index (χ0v) is 12.4. The number of hydrogen-bond acceptors (Lipinski definition) is 2. The highest BCUT2D eigenvalue weighted by atomic mass is 79.9. The maximum atomic E-state index is 11.9. The van der Waals surface area contributed by atoms with Gasteiger partial charge in [-0.1, -0.05) is 22.4 Å². The van der Waals surface area contributed by atoms with Gasteiger partial charge in [-0.25, -0.2) is 0 Å². The van der Waals surface area contributed by atoms with Crippen LogP contribution in [0.15, 0.2) is 28.7 Å². The standard InChI is InChI=1S/C15H18BrNO2/c16-13-4-6-14(7-5-13)19-10-11-8-17(9-11)15(18)12-2-1-3-12/h4-7,11-12H,1-3,8-10H2. The van der Waals surface area contributed by atoms with Gasteiger partial charge in [-0.05, 0) is 37.1 Å². The van der Waals surface area contributed by atoms with Gasteiger partial charge in [-0.2, -0.15) is 0 Å². The van der Waals surface area contributed by atoms with E-state index in [9.17, 15) is 4.79 Å². The lowest BCUT2D eigenvalue weighted by Gasteiger charge is -2.42. The molecule has 1 aromatic rings. The van der Waals surface area contributed by atoms with Gasteiger partial charge in [0.15, 0.2) is 0 Å². The summed E-state index contributed by atoms with van der Waals surface area (Å²) in [7, 11) is 0. The van der Waals surface area contributed by atoms with Gasteiger partial charge >= 0.3 is 0 Å². The zero-order valence-electron chi connectivity index (χ0n) is 10.8. The fourth-order valence-corrected chi connectivity index (χ4v) is 2.78. The molecule has 1 aliphatic heterocycles. The lowest BCUT2D eigenvalue weighted by atomic mass is 9.83. The highest BCUT2D eigenvalue weighted by molar-refractivity contribution is 9.10. The van der Waals surface area contributed by atoms with Crippen LogP contribution in [-0.2, 0) is 4.79 Å². The van der Waals surface area contributed by atoms with Crippen molar-refractivity contribution < 1.29 is 9.53 Å². The summed E-state index contributed by atoms with van der Waals surface area (Å²) in [4.78, 5) is 13.9. The van der Waals surface area contributed by atoms with Gasteiger partial charge in [0.05, 0.1) is 6.61 Å². The first-order valence-electron chi connectivity index (χ1n) is 6.89. The van der Waals surface area contributed by atoms with Gasteiger partial charge in [0.1, 0.15) is 5.75 Å². The second-order valence-corrected chi connectivity index (χ2v) is 6.42. The van der Waals surface area contributed by atoms with Crippen LogP contribution in [0.1, 0.15) is 19.3 Å². The SMILES string of the molecule is O=C(C1CCC1)N1CC(COc2ccc(Br)cc2)C1. The minimum Gasteiger partial charge on any atom is -0.493 e. The van der Waals surface area contributed by atoms with Gasteiger partial charge in [0.25, 0.3) is 0 Å². The molecule has 0 aromatic heterocycles. The van der Waals surface area contributed by atoms with Crippen molar-refractivity contribution in [3.63, 3.8) is 0 Å². The average molecular weight is 324 g/mol. The lowest BCUT2D eigenvalue weighted by Crippen LogP contribution is -2.54. The Morgan fingerprint density at radius 3 is 2.53 bits per heavy atom. The molecule has 0 unspecified atom stereocenters. The van der Waals surface area contributed by atoms with Gasteiger partial charge in [0.2, 0.25) is 5.91 Å². The molecule has 19 heavy (non-hydrogen) atoms. The normalized spacial score (nSPS) is 19.7. The largest absolute Gasteiger partial charge is 0.493 e. The van der Waals surface area contributed by atoms with E-state index in [0.29, 0.717) is 24.3 Å². The Morgan fingerprint density at radius 1 is 1.26 bits per heavy atom. The van der Waals surface area contributed by atoms with E-state index in [1.807, 2.05) is 29.2 Å². The number of carbonyl (C=O) groups excluding carboxylic acids is 1. The Morgan fingerprint density at radius 2 is 1.95 bits per heavy atom. The third-order valence-corrected chi connectivity index (χ3v) is 4.55. The lowest BCUT2D eigenvalue weighted by molar-refractivity contribution is -0.145. The molecule has 3 nitrogen and oxygen atoms in total. The molecule has 0 N–H and O–H groups in total. The maximum absolute atomic E-state index is 11.9. The molecular weight excluding hydrogens is 306 g/mol. The molecule has 0 spiro atoms. The van der Waals surface area contributed by atoms with Gasteiger partial charge in [0, 0.05) is 29.4 Å². The second-order valence-electron chi connectivity index (χ2n) is 5.50. The monoisotopic (exact) mass is 323 g/mol. The topological polar surface area (TPSA) is 29.5 Å². The third-order valence-electron chi connectivity index (χ3n) is 4.02. The van der Waals surface area contributed by atoms with Crippen molar-refractivity contribution in [1.82, 2.24) is 4.90 Å². The first-order chi connectivity index (χ1) is 9.22. The van der Waals surface area contributed by atoms with Crippen molar-refractivity contribution in [2.75, 3.05) is 19.7 Å². The van der Waals surface area contributed by atoms with Crippen molar-refractivity contribution in [2.45, 2.75) is 19.3 Å². The van der Waals surface area contributed by atoms with E-state index in [1.165, 1.54) is 6.42 Å². The molecule has 0 radical (unpaired) electrons. The molecule has 1 saturated heterocycles. The highest BCUT2D eigenvalue weighted by Crippen LogP contribution is 2.31.